The normalized spacial score (nSPS) is 23.8. The van der Waals surface area contributed by atoms with Crippen LogP contribution < -0.4 is 4.74 Å². The number of aromatic nitrogens is 1. The third-order valence-electron chi connectivity index (χ3n) is 2.74. The summed E-state index contributed by atoms with van der Waals surface area (Å²) in [5.74, 6) is 0.179. The summed E-state index contributed by atoms with van der Waals surface area (Å²) in [4.78, 5) is 17.3. The van der Waals surface area contributed by atoms with Crippen LogP contribution in [0.15, 0.2) is 18.3 Å². The lowest BCUT2D eigenvalue weighted by Crippen LogP contribution is -2.29. The Bertz CT molecular complexity index is 396. The van der Waals surface area contributed by atoms with Crippen LogP contribution in [-0.4, -0.2) is 58.4 Å². The minimum Gasteiger partial charge on any atom is -0.481 e. The first-order chi connectivity index (χ1) is 8.11. The smallest absolute Gasteiger partial charge is 0.255 e. The van der Waals surface area contributed by atoms with E-state index in [1.165, 1.54) is 18.2 Å². The molecule has 0 aliphatic carbocycles. The topological polar surface area (TPSA) is 82.9 Å². The zero-order valence-corrected chi connectivity index (χ0v) is 9.41. The average Bonchev–Trinajstić information content (AvgIpc) is 2.69. The molecule has 92 valence electrons. The van der Waals surface area contributed by atoms with Crippen LogP contribution in [-0.2, 0) is 0 Å². The van der Waals surface area contributed by atoms with E-state index < -0.39 is 12.2 Å². The van der Waals surface area contributed by atoms with Gasteiger partial charge in [0.1, 0.15) is 0 Å². The van der Waals surface area contributed by atoms with E-state index in [4.69, 9.17) is 4.74 Å². The summed E-state index contributed by atoms with van der Waals surface area (Å²) < 4.78 is 4.89. The van der Waals surface area contributed by atoms with Gasteiger partial charge in [-0.2, -0.15) is 0 Å². The number of aliphatic hydroxyl groups is 2. The van der Waals surface area contributed by atoms with E-state index in [2.05, 4.69) is 4.98 Å². The molecule has 2 heterocycles. The number of hydrogen-bond donors (Lipinski definition) is 2. The number of methoxy groups -OCH3 is 1. The molecule has 6 nitrogen and oxygen atoms in total. The van der Waals surface area contributed by atoms with E-state index in [0.717, 1.165) is 0 Å². The van der Waals surface area contributed by atoms with Gasteiger partial charge in [-0.3, -0.25) is 4.79 Å². The highest BCUT2D eigenvalue weighted by atomic mass is 16.5. The van der Waals surface area contributed by atoms with Crippen LogP contribution in [0.2, 0.25) is 0 Å². The van der Waals surface area contributed by atoms with Gasteiger partial charge in [-0.1, -0.05) is 0 Å². The third-order valence-corrected chi connectivity index (χ3v) is 2.74. The fourth-order valence-electron chi connectivity index (χ4n) is 1.75. The third kappa shape index (κ3) is 2.37. The first-order valence-electron chi connectivity index (χ1n) is 5.27. The van der Waals surface area contributed by atoms with Crippen molar-refractivity contribution in [3.63, 3.8) is 0 Å². The lowest BCUT2D eigenvalue weighted by atomic mass is 10.2. The first-order valence-corrected chi connectivity index (χ1v) is 5.27. The minimum atomic E-state index is -0.870. The molecule has 1 amide bonds. The Hall–Kier alpha value is -1.66. The molecule has 1 aromatic rings. The standard InChI is InChI=1S/C11H14N2O4/c1-17-10-3-2-7(4-12-10)11(16)13-5-8(14)9(15)6-13/h2-4,8-9,14-15H,5-6H2,1H3/t8-,9+. The van der Waals surface area contributed by atoms with Crippen molar-refractivity contribution in [1.82, 2.24) is 9.88 Å². The summed E-state index contributed by atoms with van der Waals surface area (Å²) in [5.41, 5.74) is 0.409. The number of amides is 1. The molecule has 0 spiro atoms. The molecule has 0 radical (unpaired) electrons. The molecule has 1 saturated heterocycles. The number of pyridine rings is 1. The molecule has 1 aliphatic heterocycles. The molecule has 1 aromatic heterocycles. The van der Waals surface area contributed by atoms with Gasteiger partial charge in [0.2, 0.25) is 5.88 Å². The summed E-state index contributed by atoms with van der Waals surface area (Å²) in [6, 6.07) is 3.20. The lowest BCUT2D eigenvalue weighted by molar-refractivity contribution is 0.0572. The van der Waals surface area contributed by atoms with Gasteiger partial charge in [0, 0.05) is 25.4 Å². The van der Waals surface area contributed by atoms with Gasteiger partial charge in [-0.05, 0) is 6.07 Å². The predicted molar refractivity (Wildman–Crippen MR) is 58.7 cm³/mol. The number of carbonyl (C=O) groups is 1. The van der Waals surface area contributed by atoms with Gasteiger partial charge >= 0.3 is 0 Å². The van der Waals surface area contributed by atoms with E-state index >= 15 is 0 Å². The van der Waals surface area contributed by atoms with Crippen LogP contribution in [0, 0.1) is 0 Å². The molecule has 2 N–H and O–H groups in total. The minimum absolute atomic E-state index is 0.145. The molecule has 2 atom stereocenters. The van der Waals surface area contributed by atoms with Crippen LogP contribution in [0.3, 0.4) is 0 Å². The van der Waals surface area contributed by atoms with Crippen molar-refractivity contribution in [3.05, 3.63) is 23.9 Å². The number of β-amino-alcohol motifs (C(OH)–C–C–N with tert-alkyl or cyclic N) is 2. The van der Waals surface area contributed by atoms with Crippen molar-refractivity contribution in [1.29, 1.82) is 0 Å². The highest BCUT2D eigenvalue weighted by Gasteiger charge is 2.32. The number of aliphatic hydroxyl groups excluding tert-OH is 2. The average molecular weight is 238 g/mol. The van der Waals surface area contributed by atoms with Crippen molar-refractivity contribution >= 4 is 5.91 Å². The summed E-state index contributed by atoms with van der Waals surface area (Å²) in [6.07, 6.45) is -0.326. The summed E-state index contributed by atoms with van der Waals surface area (Å²) in [5, 5.41) is 18.7. The summed E-state index contributed by atoms with van der Waals surface area (Å²) in [7, 11) is 1.50. The molecule has 1 aliphatic rings. The van der Waals surface area contributed by atoms with E-state index in [9.17, 15) is 15.0 Å². The van der Waals surface area contributed by atoms with Gasteiger partial charge in [0.15, 0.2) is 0 Å². The first kappa shape index (κ1) is 11.8. The van der Waals surface area contributed by atoms with Crippen LogP contribution >= 0.6 is 0 Å². The number of hydrogen-bond acceptors (Lipinski definition) is 5. The Labute approximate surface area is 98.5 Å². The summed E-state index contributed by atoms with van der Waals surface area (Å²) >= 11 is 0. The van der Waals surface area contributed by atoms with Crippen molar-refractivity contribution in [2.75, 3.05) is 20.2 Å². The van der Waals surface area contributed by atoms with E-state index in [-0.39, 0.29) is 19.0 Å². The molecule has 17 heavy (non-hydrogen) atoms. The second-order valence-corrected chi connectivity index (χ2v) is 3.93. The number of nitrogens with zero attached hydrogens (tertiary/aromatic N) is 2. The molecule has 2 rings (SSSR count). The maximum Gasteiger partial charge on any atom is 0.255 e. The quantitative estimate of drug-likeness (QED) is 0.709. The Morgan fingerprint density at radius 2 is 2.06 bits per heavy atom. The van der Waals surface area contributed by atoms with E-state index in [1.807, 2.05) is 0 Å². The molecule has 6 heteroatoms. The molecule has 0 unspecified atom stereocenters. The van der Waals surface area contributed by atoms with Gasteiger partial charge in [-0.15, -0.1) is 0 Å². The van der Waals surface area contributed by atoms with E-state index in [0.29, 0.717) is 11.4 Å². The number of ether oxygens (including phenoxy) is 1. The summed E-state index contributed by atoms with van der Waals surface area (Å²) in [6.45, 7) is 0.290. The highest BCUT2D eigenvalue weighted by molar-refractivity contribution is 5.94. The Kier molecular flexibility index (Phi) is 3.26. The number of likely N-dealkylation sites (tertiary alicyclic amines) is 1. The van der Waals surface area contributed by atoms with Gasteiger partial charge in [-0.25, -0.2) is 4.98 Å². The predicted octanol–water partition coefficient (Wildman–Crippen LogP) is -0.732. The molecular formula is C11H14N2O4. The molecule has 0 saturated carbocycles. The highest BCUT2D eigenvalue weighted by Crippen LogP contribution is 2.15. The van der Waals surface area contributed by atoms with Crippen molar-refractivity contribution in [2.45, 2.75) is 12.2 Å². The lowest BCUT2D eigenvalue weighted by Gasteiger charge is -2.15. The van der Waals surface area contributed by atoms with Crippen LogP contribution in [0.25, 0.3) is 0 Å². The zero-order valence-electron chi connectivity index (χ0n) is 9.41. The number of carbonyl (C=O) groups excluding carboxylic acids is 1. The second-order valence-electron chi connectivity index (χ2n) is 3.93. The van der Waals surface area contributed by atoms with E-state index in [1.54, 1.807) is 12.1 Å². The Morgan fingerprint density at radius 1 is 1.41 bits per heavy atom. The monoisotopic (exact) mass is 238 g/mol. The van der Waals surface area contributed by atoms with Crippen LogP contribution in [0.5, 0.6) is 5.88 Å². The molecular weight excluding hydrogens is 224 g/mol. The van der Waals surface area contributed by atoms with Gasteiger partial charge < -0.3 is 19.8 Å². The largest absolute Gasteiger partial charge is 0.481 e. The number of rotatable bonds is 2. The maximum atomic E-state index is 12.0. The second kappa shape index (κ2) is 4.68. The zero-order chi connectivity index (χ0) is 12.4. The SMILES string of the molecule is COc1ccc(C(=O)N2C[C@@H](O)[C@@H](O)C2)cn1. The van der Waals surface area contributed by atoms with Crippen LogP contribution in [0.4, 0.5) is 0 Å². The van der Waals surface area contributed by atoms with Crippen molar-refractivity contribution in [3.8, 4) is 5.88 Å². The van der Waals surface area contributed by atoms with Gasteiger partial charge in [0.05, 0.1) is 24.9 Å². The van der Waals surface area contributed by atoms with Crippen molar-refractivity contribution in [2.24, 2.45) is 0 Å². The molecule has 0 aromatic carbocycles. The maximum absolute atomic E-state index is 12.0. The molecule has 1 fully saturated rings. The van der Waals surface area contributed by atoms with Crippen LogP contribution in [0.1, 0.15) is 10.4 Å². The van der Waals surface area contributed by atoms with Crippen molar-refractivity contribution < 1.29 is 19.7 Å². The molecule has 0 bridgehead atoms. The Balaban J connectivity index is 2.09. The Morgan fingerprint density at radius 3 is 2.53 bits per heavy atom. The fourth-order valence-corrected chi connectivity index (χ4v) is 1.75. The van der Waals surface area contributed by atoms with Gasteiger partial charge in [0.25, 0.3) is 5.91 Å². The fraction of sp³-hybridized carbons (Fsp3) is 0.455.